The molecule has 2 rings (SSSR count). The van der Waals surface area contributed by atoms with Gasteiger partial charge in [-0.2, -0.15) is 0 Å². The van der Waals surface area contributed by atoms with Gasteiger partial charge in [-0.25, -0.2) is 4.98 Å². The van der Waals surface area contributed by atoms with Crippen molar-refractivity contribution >= 4 is 5.69 Å². The summed E-state index contributed by atoms with van der Waals surface area (Å²) < 4.78 is 10.9. The van der Waals surface area contributed by atoms with Crippen LogP contribution < -0.4 is 10.1 Å². The van der Waals surface area contributed by atoms with Crippen molar-refractivity contribution < 1.29 is 9.47 Å². The number of hydrogen-bond acceptors (Lipinski definition) is 4. The number of anilines is 1. The molecule has 1 saturated carbocycles. The first-order valence-corrected chi connectivity index (χ1v) is 7.02. The first-order valence-electron chi connectivity index (χ1n) is 7.02. The third kappa shape index (κ3) is 2.68. The number of nitrogens with one attached hydrogen (secondary N) is 1. The Morgan fingerprint density at radius 1 is 1.42 bits per heavy atom. The van der Waals surface area contributed by atoms with Gasteiger partial charge in [0.1, 0.15) is 0 Å². The summed E-state index contributed by atoms with van der Waals surface area (Å²) in [6.07, 6.45) is 4.36. The van der Waals surface area contributed by atoms with Crippen LogP contribution in [0.1, 0.15) is 33.6 Å². The smallest absolute Gasteiger partial charge is 0.213 e. The molecule has 0 radical (unpaired) electrons. The molecule has 1 aliphatic rings. The van der Waals surface area contributed by atoms with E-state index in [2.05, 4.69) is 31.1 Å². The number of nitrogens with zero attached hydrogens (tertiary/aromatic N) is 1. The molecule has 1 aromatic heterocycles. The zero-order valence-electron chi connectivity index (χ0n) is 12.3. The van der Waals surface area contributed by atoms with E-state index in [-0.39, 0.29) is 5.41 Å². The summed E-state index contributed by atoms with van der Waals surface area (Å²) in [5, 5.41) is 3.56. The van der Waals surface area contributed by atoms with E-state index >= 15 is 0 Å². The molecule has 0 saturated heterocycles. The highest BCUT2D eigenvalue weighted by Gasteiger charge is 2.51. The fraction of sp³-hybridized carbons (Fsp3) is 0.667. The maximum atomic E-state index is 5.81. The highest BCUT2D eigenvalue weighted by Crippen LogP contribution is 2.47. The summed E-state index contributed by atoms with van der Waals surface area (Å²) in [4.78, 5) is 4.22. The van der Waals surface area contributed by atoms with Crippen molar-refractivity contribution in [1.29, 1.82) is 0 Å². The van der Waals surface area contributed by atoms with Crippen LogP contribution in [0.3, 0.4) is 0 Å². The number of ether oxygens (including phenoxy) is 2. The molecule has 0 bridgehead atoms. The van der Waals surface area contributed by atoms with Crippen LogP contribution in [0.25, 0.3) is 0 Å². The number of methoxy groups -OCH3 is 1. The van der Waals surface area contributed by atoms with Gasteiger partial charge >= 0.3 is 0 Å². The summed E-state index contributed by atoms with van der Waals surface area (Å²) in [6.45, 7) is 7.37. The van der Waals surface area contributed by atoms with Crippen molar-refractivity contribution in [3.05, 3.63) is 18.3 Å². The first kappa shape index (κ1) is 14.1. The van der Waals surface area contributed by atoms with Crippen LogP contribution in [0.5, 0.6) is 5.88 Å². The summed E-state index contributed by atoms with van der Waals surface area (Å²) in [7, 11) is 1.63. The molecular formula is C15H24N2O2. The molecule has 1 N–H and O–H groups in total. The van der Waals surface area contributed by atoms with E-state index in [1.807, 2.05) is 18.3 Å². The van der Waals surface area contributed by atoms with E-state index in [0.29, 0.717) is 18.0 Å². The molecule has 1 heterocycles. The van der Waals surface area contributed by atoms with E-state index in [0.717, 1.165) is 25.1 Å². The Balaban J connectivity index is 1.99. The minimum Gasteiger partial charge on any atom is -0.481 e. The SMILES string of the molecule is CCOC1CC(Nc2ccc(OC)nc2)C1(C)CC. The largest absolute Gasteiger partial charge is 0.481 e. The maximum absolute atomic E-state index is 5.81. The van der Waals surface area contributed by atoms with Crippen molar-refractivity contribution in [2.45, 2.75) is 45.8 Å². The molecule has 1 aromatic rings. The molecule has 4 heteroatoms. The summed E-state index contributed by atoms with van der Waals surface area (Å²) in [5.74, 6) is 0.643. The van der Waals surface area contributed by atoms with Crippen LogP contribution in [-0.4, -0.2) is 30.8 Å². The lowest BCUT2D eigenvalue weighted by Crippen LogP contribution is -2.59. The van der Waals surface area contributed by atoms with Gasteiger partial charge in [-0.1, -0.05) is 13.8 Å². The van der Waals surface area contributed by atoms with Gasteiger partial charge in [0.25, 0.3) is 0 Å². The lowest BCUT2D eigenvalue weighted by Gasteiger charge is -2.53. The number of aromatic nitrogens is 1. The highest BCUT2D eigenvalue weighted by atomic mass is 16.5. The minimum atomic E-state index is 0.204. The predicted molar refractivity (Wildman–Crippen MR) is 76.6 cm³/mol. The van der Waals surface area contributed by atoms with Gasteiger partial charge in [0.15, 0.2) is 0 Å². The molecular weight excluding hydrogens is 240 g/mol. The van der Waals surface area contributed by atoms with Crippen LogP contribution >= 0.6 is 0 Å². The molecule has 0 aromatic carbocycles. The Morgan fingerprint density at radius 3 is 2.74 bits per heavy atom. The summed E-state index contributed by atoms with van der Waals surface area (Å²) in [6, 6.07) is 4.34. The molecule has 0 spiro atoms. The Labute approximate surface area is 115 Å². The molecule has 106 valence electrons. The van der Waals surface area contributed by atoms with Crippen molar-refractivity contribution in [1.82, 2.24) is 4.98 Å². The van der Waals surface area contributed by atoms with Gasteiger partial charge in [0.2, 0.25) is 5.88 Å². The Hall–Kier alpha value is -1.29. The van der Waals surface area contributed by atoms with Gasteiger partial charge in [0, 0.05) is 24.1 Å². The summed E-state index contributed by atoms with van der Waals surface area (Å²) >= 11 is 0. The second-order valence-corrected chi connectivity index (χ2v) is 5.33. The third-order valence-electron chi connectivity index (χ3n) is 4.40. The van der Waals surface area contributed by atoms with Gasteiger partial charge < -0.3 is 14.8 Å². The molecule has 3 atom stereocenters. The molecule has 1 aliphatic carbocycles. The topological polar surface area (TPSA) is 43.4 Å². The van der Waals surface area contributed by atoms with Crippen molar-refractivity contribution in [3.8, 4) is 5.88 Å². The molecule has 0 amide bonds. The summed E-state index contributed by atoms with van der Waals surface area (Å²) in [5.41, 5.74) is 1.25. The average Bonchev–Trinajstić information content (AvgIpc) is 2.46. The molecule has 3 unspecified atom stereocenters. The van der Waals surface area contributed by atoms with Crippen LogP contribution in [0.4, 0.5) is 5.69 Å². The zero-order valence-corrected chi connectivity index (χ0v) is 12.3. The minimum absolute atomic E-state index is 0.204. The maximum Gasteiger partial charge on any atom is 0.213 e. The Kier molecular flexibility index (Phi) is 4.30. The predicted octanol–water partition coefficient (Wildman–Crippen LogP) is 3.10. The normalized spacial score (nSPS) is 29.7. The fourth-order valence-corrected chi connectivity index (χ4v) is 2.76. The van der Waals surface area contributed by atoms with Crippen molar-refractivity contribution in [3.63, 3.8) is 0 Å². The van der Waals surface area contributed by atoms with Gasteiger partial charge in [0.05, 0.1) is 25.1 Å². The van der Waals surface area contributed by atoms with Crippen LogP contribution in [0.2, 0.25) is 0 Å². The molecule has 1 fully saturated rings. The van der Waals surface area contributed by atoms with Crippen LogP contribution in [0.15, 0.2) is 18.3 Å². The third-order valence-corrected chi connectivity index (χ3v) is 4.40. The number of pyridine rings is 1. The van der Waals surface area contributed by atoms with Crippen LogP contribution in [-0.2, 0) is 4.74 Å². The molecule has 19 heavy (non-hydrogen) atoms. The zero-order chi connectivity index (χ0) is 13.9. The standard InChI is InChI=1S/C15H24N2O2/c1-5-15(3)12(9-13(15)19-6-2)17-11-7-8-14(18-4)16-10-11/h7-8,10,12-13,17H,5-6,9H2,1-4H3. The molecule has 4 nitrogen and oxygen atoms in total. The van der Waals surface area contributed by atoms with Gasteiger partial charge in [-0.05, 0) is 25.8 Å². The van der Waals surface area contributed by atoms with Gasteiger partial charge in [-0.3, -0.25) is 0 Å². The average molecular weight is 264 g/mol. The van der Waals surface area contributed by atoms with E-state index in [9.17, 15) is 0 Å². The number of rotatable bonds is 6. The van der Waals surface area contributed by atoms with Crippen LogP contribution in [0, 0.1) is 5.41 Å². The van der Waals surface area contributed by atoms with E-state index in [1.165, 1.54) is 0 Å². The second kappa shape index (κ2) is 5.78. The quantitative estimate of drug-likeness (QED) is 0.857. The van der Waals surface area contributed by atoms with Crippen molar-refractivity contribution in [2.75, 3.05) is 19.0 Å². The second-order valence-electron chi connectivity index (χ2n) is 5.33. The Morgan fingerprint density at radius 2 is 2.21 bits per heavy atom. The van der Waals surface area contributed by atoms with Crippen molar-refractivity contribution in [2.24, 2.45) is 5.41 Å². The highest BCUT2D eigenvalue weighted by molar-refractivity contribution is 5.44. The lowest BCUT2D eigenvalue weighted by atomic mass is 9.61. The Bertz CT molecular complexity index is 407. The van der Waals surface area contributed by atoms with Gasteiger partial charge in [-0.15, -0.1) is 0 Å². The molecule has 0 aliphatic heterocycles. The monoisotopic (exact) mass is 264 g/mol. The number of hydrogen-bond donors (Lipinski definition) is 1. The lowest BCUT2D eigenvalue weighted by molar-refractivity contribution is -0.109. The van der Waals surface area contributed by atoms with E-state index < -0.39 is 0 Å². The first-order chi connectivity index (χ1) is 9.13. The van der Waals surface area contributed by atoms with E-state index in [4.69, 9.17) is 9.47 Å². The fourth-order valence-electron chi connectivity index (χ4n) is 2.76. The van der Waals surface area contributed by atoms with E-state index in [1.54, 1.807) is 7.11 Å².